The summed E-state index contributed by atoms with van der Waals surface area (Å²) in [7, 11) is 0.177. The molecule has 1 aliphatic carbocycles. The van der Waals surface area contributed by atoms with Gasteiger partial charge in [0.1, 0.15) is 11.4 Å². The number of nitrogens with zero attached hydrogens (tertiary/aromatic N) is 2. The fraction of sp³-hybridized carbons (Fsp3) is 0.552. The summed E-state index contributed by atoms with van der Waals surface area (Å²) in [4.78, 5) is 16.3. The summed E-state index contributed by atoms with van der Waals surface area (Å²) in [6.45, 7) is 17.6. The molecule has 2 aliphatic heterocycles. The number of benzene rings is 1. The maximum atomic E-state index is 13.7. The van der Waals surface area contributed by atoms with Crippen LogP contribution in [0.15, 0.2) is 40.6 Å². The lowest BCUT2D eigenvalue weighted by atomic mass is 9.81. The average molecular weight is 493 g/mol. The zero-order chi connectivity index (χ0) is 25.3. The number of fused-ring (bicyclic) bond motifs is 5. The van der Waals surface area contributed by atoms with Gasteiger partial charge in [-0.05, 0) is 69.2 Å². The van der Waals surface area contributed by atoms with E-state index >= 15 is 0 Å². The van der Waals surface area contributed by atoms with Gasteiger partial charge < -0.3 is 9.47 Å². The van der Waals surface area contributed by atoms with Crippen LogP contribution in [0, 0.1) is 5.92 Å². The van der Waals surface area contributed by atoms with Gasteiger partial charge >= 0.3 is 6.09 Å². The summed E-state index contributed by atoms with van der Waals surface area (Å²) in [6.07, 6.45) is 5.34. The predicted octanol–water partition coefficient (Wildman–Crippen LogP) is 6.88. The molecule has 0 saturated carbocycles. The van der Waals surface area contributed by atoms with E-state index in [1.807, 2.05) is 37.5 Å². The Kier molecular flexibility index (Phi) is 5.84. The number of rotatable bonds is 2. The molecule has 188 valence electrons. The molecule has 5 nitrogen and oxygen atoms in total. The van der Waals surface area contributed by atoms with Crippen molar-refractivity contribution in [3.8, 4) is 5.75 Å². The lowest BCUT2D eigenvalue weighted by Gasteiger charge is -2.45. The molecular weight excluding hydrogens is 452 g/mol. The lowest BCUT2D eigenvalue weighted by molar-refractivity contribution is 0.0525. The van der Waals surface area contributed by atoms with E-state index in [9.17, 15) is 4.79 Å². The van der Waals surface area contributed by atoms with Crippen molar-refractivity contribution in [2.45, 2.75) is 78.2 Å². The minimum atomic E-state index is -1.50. The van der Waals surface area contributed by atoms with Crippen LogP contribution in [0.25, 0.3) is 10.9 Å². The molecular formula is C29H40N2O3Si. The van der Waals surface area contributed by atoms with Gasteiger partial charge in [0.15, 0.2) is 0 Å². The minimum Gasteiger partial charge on any atom is -0.497 e. The first-order valence-electron chi connectivity index (χ1n) is 13.0. The Morgan fingerprint density at radius 3 is 2.54 bits per heavy atom. The molecule has 3 heterocycles. The van der Waals surface area contributed by atoms with Crippen molar-refractivity contribution in [3.63, 3.8) is 0 Å². The minimum absolute atomic E-state index is 0.177. The topological polar surface area (TPSA) is 43.7 Å². The average Bonchev–Trinajstić information content (AvgIpc) is 3.09. The number of methoxy groups -OCH3 is 1. The van der Waals surface area contributed by atoms with Crippen LogP contribution in [0.2, 0.25) is 19.6 Å². The number of aromatic nitrogens is 1. The highest BCUT2D eigenvalue weighted by Gasteiger charge is 2.42. The van der Waals surface area contributed by atoms with Crippen LogP contribution in [0.4, 0.5) is 4.79 Å². The Labute approximate surface area is 210 Å². The lowest BCUT2D eigenvalue weighted by Crippen LogP contribution is -2.44. The molecule has 0 spiro atoms. The van der Waals surface area contributed by atoms with Gasteiger partial charge in [-0.15, -0.1) is 0 Å². The highest BCUT2D eigenvalue weighted by Crippen LogP contribution is 2.48. The molecule has 0 radical (unpaired) electrons. The Morgan fingerprint density at radius 2 is 1.89 bits per heavy atom. The number of hydrogen-bond donors (Lipinski definition) is 0. The second-order valence-corrected chi connectivity index (χ2v) is 17.6. The first-order chi connectivity index (χ1) is 16.4. The van der Waals surface area contributed by atoms with E-state index in [1.165, 1.54) is 5.56 Å². The van der Waals surface area contributed by atoms with E-state index in [0.29, 0.717) is 5.92 Å². The quantitative estimate of drug-likeness (QED) is 0.429. The molecule has 1 aromatic carbocycles. The standard InChI is InChI=1S/C29H40N2O3Si/c1-18-13-19-17-30-12-11-22-21-10-9-20(33-5)15-24(21)31(28(32)34-29(2,3)4)27(22)25(30)16-23(19)26(14-18)35(6,7)8/h9-10,14-15,18,25H,11-13,16-17H2,1-8H3/t18-,25+/m0/s1. The predicted molar refractivity (Wildman–Crippen MR) is 145 cm³/mol. The van der Waals surface area contributed by atoms with Crippen molar-refractivity contribution < 1.29 is 14.3 Å². The third-order valence-corrected chi connectivity index (χ3v) is 9.76. The van der Waals surface area contributed by atoms with E-state index < -0.39 is 13.7 Å². The molecule has 2 aromatic rings. The van der Waals surface area contributed by atoms with Crippen LogP contribution >= 0.6 is 0 Å². The molecule has 5 rings (SSSR count). The number of ether oxygens (including phenoxy) is 2. The fourth-order valence-corrected chi connectivity index (χ4v) is 8.27. The third-order valence-electron chi connectivity index (χ3n) is 7.67. The smallest absolute Gasteiger partial charge is 0.419 e. The monoisotopic (exact) mass is 492 g/mol. The zero-order valence-corrected chi connectivity index (χ0v) is 23.6. The van der Waals surface area contributed by atoms with Gasteiger partial charge in [0.25, 0.3) is 0 Å². The fourth-order valence-electron chi connectivity index (χ4n) is 6.30. The molecule has 35 heavy (non-hydrogen) atoms. The van der Waals surface area contributed by atoms with Crippen LogP contribution in [0.5, 0.6) is 5.75 Å². The van der Waals surface area contributed by atoms with Crippen LogP contribution in [-0.4, -0.2) is 49.4 Å². The van der Waals surface area contributed by atoms with E-state index in [2.05, 4.69) is 43.6 Å². The van der Waals surface area contributed by atoms with Gasteiger partial charge in [-0.1, -0.05) is 43.4 Å². The van der Waals surface area contributed by atoms with E-state index in [0.717, 1.165) is 54.7 Å². The Hall–Kier alpha value is -2.31. The largest absolute Gasteiger partial charge is 0.497 e. The number of carbonyl (C=O) groups is 1. The van der Waals surface area contributed by atoms with Crippen molar-refractivity contribution in [1.82, 2.24) is 9.47 Å². The SMILES string of the molecule is COc1ccc2c3c(n(C(=O)OC(C)(C)C)c2c1)[C@H]1CC2=C(C[C@H](C)C=C2[Si](C)(C)C)CN1CC3. The van der Waals surface area contributed by atoms with E-state index in [-0.39, 0.29) is 12.1 Å². The molecule has 3 aliphatic rings. The molecule has 0 saturated heterocycles. The normalized spacial score (nSPS) is 22.9. The van der Waals surface area contributed by atoms with Gasteiger partial charge in [-0.2, -0.15) is 0 Å². The van der Waals surface area contributed by atoms with Crippen molar-refractivity contribution in [3.05, 3.63) is 51.9 Å². The third kappa shape index (κ3) is 4.29. The number of hydrogen-bond acceptors (Lipinski definition) is 4. The molecule has 0 unspecified atom stereocenters. The Morgan fingerprint density at radius 1 is 1.14 bits per heavy atom. The van der Waals surface area contributed by atoms with Gasteiger partial charge in [0.2, 0.25) is 0 Å². The number of carbonyl (C=O) groups excluding carboxylic acids is 1. The van der Waals surface area contributed by atoms with Crippen molar-refractivity contribution >= 4 is 25.1 Å². The van der Waals surface area contributed by atoms with Crippen LogP contribution in [0.3, 0.4) is 0 Å². The summed E-state index contributed by atoms with van der Waals surface area (Å²) in [6, 6.07) is 6.29. The summed E-state index contributed by atoms with van der Waals surface area (Å²) >= 11 is 0. The molecule has 0 bridgehead atoms. The summed E-state index contributed by atoms with van der Waals surface area (Å²) < 4.78 is 13.4. The first-order valence-corrected chi connectivity index (χ1v) is 16.5. The van der Waals surface area contributed by atoms with E-state index in [1.54, 1.807) is 23.5 Å². The van der Waals surface area contributed by atoms with Crippen LogP contribution in [-0.2, 0) is 11.2 Å². The maximum absolute atomic E-state index is 13.7. The zero-order valence-electron chi connectivity index (χ0n) is 22.6. The van der Waals surface area contributed by atoms with Gasteiger partial charge in [0.05, 0.1) is 32.4 Å². The van der Waals surface area contributed by atoms with E-state index in [4.69, 9.17) is 9.47 Å². The van der Waals surface area contributed by atoms with Crippen molar-refractivity contribution in [2.75, 3.05) is 20.2 Å². The number of allylic oxidation sites excluding steroid dienone is 2. The van der Waals surface area contributed by atoms with Crippen molar-refractivity contribution in [1.29, 1.82) is 0 Å². The Bertz CT molecular complexity index is 1260. The maximum Gasteiger partial charge on any atom is 0.419 e. The van der Waals surface area contributed by atoms with Gasteiger partial charge in [-0.25, -0.2) is 9.36 Å². The second kappa shape index (κ2) is 8.38. The van der Waals surface area contributed by atoms with Crippen LogP contribution in [0.1, 0.15) is 57.8 Å². The van der Waals surface area contributed by atoms with Gasteiger partial charge in [-0.3, -0.25) is 4.90 Å². The highest BCUT2D eigenvalue weighted by molar-refractivity contribution is 6.84. The second-order valence-electron chi connectivity index (χ2n) is 12.6. The van der Waals surface area contributed by atoms with Crippen LogP contribution < -0.4 is 4.74 Å². The molecule has 6 heteroatoms. The molecule has 0 amide bonds. The summed E-state index contributed by atoms with van der Waals surface area (Å²) in [5.41, 5.74) is 5.94. The van der Waals surface area contributed by atoms with Crippen molar-refractivity contribution in [2.24, 2.45) is 5.92 Å². The summed E-state index contributed by atoms with van der Waals surface area (Å²) in [5.74, 6) is 1.36. The summed E-state index contributed by atoms with van der Waals surface area (Å²) in [5, 5.41) is 2.77. The Balaban J connectivity index is 1.68. The molecule has 1 aromatic heterocycles. The molecule has 0 fully saturated rings. The first kappa shape index (κ1) is 24.4. The molecule has 2 atom stereocenters. The highest BCUT2D eigenvalue weighted by atomic mass is 28.3. The molecule has 0 N–H and O–H groups in total. The van der Waals surface area contributed by atoms with Gasteiger partial charge in [0, 0.05) is 24.5 Å².